The number of carbonyl (C=O) groups is 1. The first-order chi connectivity index (χ1) is 12.4. The molecule has 0 spiro atoms. The summed E-state index contributed by atoms with van der Waals surface area (Å²) >= 11 is 1.31. The molecular weight excluding hydrogens is 368 g/mol. The van der Waals surface area contributed by atoms with Crippen molar-refractivity contribution in [2.75, 3.05) is 5.75 Å². The smallest absolute Gasteiger partial charge is 0.210 e. The van der Waals surface area contributed by atoms with Crippen molar-refractivity contribution in [3.63, 3.8) is 0 Å². The molecule has 0 unspecified atom stereocenters. The molecule has 0 aliphatic carbocycles. The van der Waals surface area contributed by atoms with E-state index in [4.69, 9.17) is 4.42 Å². The zero-order valence-corrected chi connectivity index (χ0v) is 16.1. The van der Waals surface area contributed by atoms with Crippen molar-refractivity contribution in [1.82, 2.24) is 0 Å². The molecule has 0 radical (unpaired) electrons. The van der Waals surface area contributed by atoms with E-state index in [9.17, 15) is 13.2 Å². The van der Waals surface area contributed by atoms with Gasteiger partial charge in [-0.05, 0) is 24.8 Å². The molecule has 0 saturated heterocycles. The summed E-state index contributed by atoms with van der Waals surface area (Å²) in [4.78, 5) is 13.1. The Hall–Kier alpha value is -2.31. The summed E-state index contributed by atoms with van der Waals surface area (Å²) in [5.41, 5.74) is 1.48. The lowest BCUT2D eigenvalue weighted by Gasteiger charge is -2.07. The van der Waals surface area contributed by atoms with Crippen molar-refractivity contribution in [2.45, 2.75) is 28.7 Å². The van der Waals surface area contributed by atoms with E-state index >= 15 is 0 Å². The predicted molar refractivity (Wildman–Crippen MR) is 102 cm³/mol. The number of sulfone groups is 1. The molecule has 0 atom stereocenters. The van der Waals surface area contributed by atoms with Crippen LogP contribution in [0.15, 0.2) is 80.2 Å². The number of hydrogen-bond donors (Lipinski definition) is 0. The van der Waals surface area contributed by atoms with Gasteiger partial charge in [0.25, 0.3) is 0 Å². The van der Waals surface area contributed by atoms with Gasteiger partial charge in [0.2, 0.25) is 9.84 Å². The number of furan rings is 1. The molecule has 0 bridgehead atoms. The molecule has 0 N–H and O–H groups in total. The van der Waals surface area contributed by atoms with Crippen molar-refractivity contribution in [2.24, 2.45) is 0 Å². The van der Waals surface area contributed by atoms with Gasteiger partial charge in [0.05, 0.1) is 10.5 Å². The lowest BCUT2D eigenvalue weighted by atomic mass is 10.1. The summed E-state index contributed by atoms with van der Waals surface area (Å²) < 4.78 is 31.7. The van der Waals surface area contributed by atoms with Gasteiger partial charge in [0.1, 0.15) is 11.2 Å². The highest BCUT2D eigenvalue weighted by atomic mass is 32.2. The standard InChI is InChI=1S/C20H18O4S2/c1-3-25-20-18(19(21)15-7-5-4-6-8-15)17(13-24-20)26(22,23)16-11-9-14(2)10-12-16/h4-13H,3H2,1-2H3. The zero-order valence-electron chi connectivity index (χ0n) is 14.4. The Labute approximate surface area is 157 Å². The molecule has 3 aromatic rings. The third kappa shape index (κ3) is 3.48. The summed E-state index contributed by atoms with van der Waals surface area (Å²) in [6.45, 7) is 3.80. The van der Waals surface area contributed by atoms with Crippen LogP contribution in [0.2, 0.25) is 0 Å². The van der Waals surface area contributed by atoms with Gasteiger partial charge in [0.15, 0.2) is 10.9 Å². The molecule has 0 amide bonds. The minimum Gasteiger partial charge on any atom is -0.456 e. The van der Waals surface area contributed by atoms with E-state index in [1.54, 1.807) is 54.6 Å². The van der Waals surface area contributed by atoms with Gasteiger partial charge in [0, 0.05) is 5.56 Å². The summed E-state index contributed by atoms with van der Waals surface area (Å²) in [6, 6.07) is 15.2. The van der Waals surface area contributed by atoms with Crippen LogP contribution in [-0.4, -0.2) is 20.0 Å². The summed E-state index contributed by atoms with van der Waals surface area (Å²) in [5.74, 6) is 0.299. The van der Waals surface area contributed by atoms with Gasteiger partial charge >= 0.3 is 0 Å². The first kappa shape index (κ1) is 18.5. The Bertz CT molecular complexity index is 1020. The summed E-state index contributed by atoms with van der Waals surface area (Å²) in [5, 5.41) is 0.326. The van der Waals surface area contributed by atoms with Crippen LogP contribution in [0.25, 0.3) is 0 Å². The zero-order chi connectivity index (χ0) is 18.7. The van der Waals surface area contributed by atoms with Crippen LogP contribution in [-0.2, 0) is 9.84 Å². The van der Waals surface area contributed by atoms with Crippen LogP contribution in [0.1, 0.15) is 28.4 Å². The van der Waals surface area contributed by atoms with Crippen LogP contribution in [0.3, 0.4) is 0 Å². The topological polar surface area (TPSA) is 64.3 Å². The van der Waals surface area contributed by atoms with Crippen LogP contribution in [0, 0.1) is 6.92 Å². The lowest BCUT2D eigenvalue weighted by Crippen LogP contribution is -2.09. The van der Waals surface area contributed by atoms with Crippen molar-refractivity contribution >= 4 is 27.4 Å². The first-order valence-electron chi connectivity index (χ1n) is 8.11. The fourth-order valence-electron chi connectivity index (χ4n) is 2.54. The number of carbonyl (C=O) groups excluding carboxylic acids is 1. The third-order valence-corrected chi connectivity index (χ3v) is 6.51. The molecule has 0 fully saturated rings. The fourth-order valence-corrected chi connectivity index (χ4v) is 4.71. The van der Waals surface area contributed by atoms with Gasteiger partial charge in [-0.15, -0.1) is 0 Å². The summed E-state index contributed by atoms with van der Waals surface area (Å²) in [6.07, 6.45) is 1.17. The maximum absolute atomic E-state index is 13.1. The normalized spacial score (nSPS) is 11.5. The van der Waals surface area contributed by atoms with Gasteiger partial charge in [-0.25, -0.2) is 8.42 Å². The van der Waals surface area contributed by atoms with Crippen LogP contribution in [0.5, 0.6) is 0 Å². The van der Waals surface area contributed by atoms with Crippen molar-refractivity contribution in [3.8, 4) is 0 Å². The molecule has 3 rings (SSSR count). The number of benzene rings is 2. The second kappa shape index (κ2) is 7.51. The Balaban J connectivity index is 2.16. The molecule has 26 heavy (non-hydrogen) atoms. The fraction of sp³-hybridized carbons (Fsp3) is 0.150. The quantitative estimate of drug-likeness (QED) is 0.451. The second-order valence-electron chi connectivity index (χ2n) is 5.71. The number of rotatable bonds is 6. The molecule has 6 heteroatoms. The molecule has 2 aromatic carbocycles. The highest BCUT2D eigenvalue weighted by Gasteiger charge is 2.31. The van der Waals surface area contributed by atoms with Crippen LogP contribution in [0.4, 0.5) is 0 Å². The van der Waals surface area contributed by atoms with Gasteiger partial charge in [-0.3, -0.25) is 4.79 Å². The summed E-state index contributed by atoms with van der Waals surface area (Å²) in [7, 11) is -3.86. The van der Waals surface area contributed by atoms with E-state index in [1.165, 1.54) is 18.0 Å². The monoisotopic (exact) mass is 386 g/mol. The molecule has 0 aliphatic rings. The van der Waals surface area contributed by atoms with E-state index in [1.807, 2.05) is 13.8 Å². The highest BCUT2D eigenvalue weighted by Crippen LogP contribution is 2.35. The lowest BCUT2D eigenvalue weighted by molar-refractivity contribution is 0.103. The SMILES string of the molecule is CCSc1occ(S(=O)(=O)c2ccc(C)cc2)c1C(=O)c1ccccc1. The Morgan fingerprint density at radius 2 is 1.69 bits per heavy atom. The molecule has 0 aliphatic heterocycles. The van der Waals surface area contributed by atoms with Crippen molar-refractivity contribution in [1.29, 1.82) is 0 Å². The average molecular weight is 386 g/mol. The molecule has 1 aromatic heterocycles. The van der Waals surface area contributed by atoms with E-state index in [2.05, 4.69) is 0 Å². The third-order valence-electron chi connectivity index (χ3n) is 3.88. The Kier molecular flexibility index (Phi) is 5.34. The number of ketones is 1. The maximum Gasteiger partial charge on any atom is 0.210 e. The van der Waals surface area contributed by atoms with Gasteiger partial charge < -0.3 is 4.42 Å². The largest absolute Gasteiger partial charge is 0.456 e. The minimum absolute atomic E-state index is 0.0915. The Morgan fingerprint density at radius 1 is 1.04 bits per heavy atom. The van der Waals surface area contributed by atoms with E-state index < -0.39 is 9.84 Å². The number of thioether (sulfide) groups is 1. The van der Waals surface area contributed by atoms with E-state index in [0.717, 1.165) is 5.56 Å². The van der Waals surface area contributed by atoms with Crippen LogP contribution < -0.4 is 0 Å². The number of hydrogen-bond acceptors (Lipinski definition) is 5. The number of aryl methyl sites for hydroxylation is 1. The average Bonchev–Trinajstić information content (AvgIpc) is 3.07. The van der Waals surface area contributed by atoms with Crippen molar-refractivity contribution < 1.29 is 17.6 Å². The first-order valence-corrected chi connectivity index (χ1v) is 10.6. The molecule has 4 nitrogen and oxygen atoms in total. The van der Waals surface area contributed by atoms with Crippen LogP contribution >= 0.6 is 11.8 Å². The minimum atomic E-state index is -3.86. The van der Waals surface area contributed by atoms with E-state index in [-0.39, 0.29) is 21.1 Å². The van der Waals surface area contributed by atoms with Gasteiger partial charge in [-0.2, -0.15) is 0 Å². The predicted octanol–water partition coefficient (Wildman–Crippen LogP) is 4.76. The Morgan fingerprint density at radius 3 is 2.31 bits per heavy atom. The van der Waals surface area contributed by atoms with Crippen molar-refractivity contribution in [3.05, 3.63) is 77.6 Å². The van der Waals surface area contributed by atoms with Gasteiger partial charge in [-0.1, -0.05) is 66.7 Å². The molecule has 134 valence electrons. The molecular formula is C20H18O4S2. The second-order valence-corrected chi connectivity index (χ2v) is 8.86. The maximum atomic E-state index is 13.1. The molecule has 0 saturated carbocycles. The van der Waals surface area contributed by atoms with E-state index in [0.29, 0.717) is 16.4 Å². The highest BCUT2D eigenvalue weighted by molar-refractivity contribution is 7.99. The molecule has 1 heterocycles.